The summed E-state index contributed by atoms with van der Waals surface area (Å²) < 4.78 is 5.26. The number of para-hydroxylation sites is 1. The number of rotatable bonds is 5. The molecule has 154 valence electrons. The van der Waals surface area contributed by atoms with E-state index in [0.29, 0.717) is 37.4 Å². The monoisotopic (exact) mass is 408 g/mol. The number of benzene rings is 2. The summed E-state index contributed by atoms with van der Waals surface area (Å²) in [5, 5.41) is 14.5. The quantitative estimate of drug-likeness (QED) is 0.392. The standard InChI is InChI=1S/C21H20N4O5/c26-20(22-15-4-3-5-16(12-15)25(28)29)14-23-8-10-24(11-9-23)18-13-21(27)30-19-7-2-1-6-17(18)19/h1-7,12-13H,8-11,14H2,(H,22,26). The largest absolute Gasteiger partial charge is 0.423 e. The van der Waals surface area contributed by atoms with Crippen molar-refractivity contribution in [3.63, 3.8) is 0 Å². The van der Waals surface area contributed by atoms with Gasteiger partial charge in [-0.2, -0.15) is 0 Å². The van der Waals surface area contributed by atoms with E-state index in [0.717, 1.165) is 11.1 Å². The number of hydrogen-bond acceptors (Lipinski definition) is 7. The smallest absolute Gasteiger partial charge is 0.338 e. The average molecular weight is 408 g/mol. The predicted molar refractivity (Wildman–Crippen MR) is 113 cm³/mol. The van der Waals surface area contributed by atoms with Crippen molar-refractivity contribution < 1.29 is 14.1 Å². The molecule has 30 heavy (non-hydrogen) atoms. The highest BCUT2D eigenvalue weighted by Crippen LogP contribution is 2.26. The van der Waals surface area contributed by atoms with E-state index in [1.807, 2.05) is 23.1 Å². The van der Waals surface area contributed by atoms with Crippen molar-refractivity contribution in [1.29, 1.82) is 0 Å². The summed E-state index contributed by atoms with van der Waals surface area (Å²) in [7, 11) is 0. The van der Waals surface area contributed by atoms with Gasteiger partial charge >= 0.3 is 5.63 Å². The highest BCUT2D eigenvalue weighted by Gasteiger charge is 2.21. The summed E-state index contributed by atoms with van der Waals surface area (Å²) in [4.78, 5) is 38.7. The molecule has 0 spiro atoms. The number of hydrogen-bond donors (Lipinski definition) is 1. The van der Waals surface area contributed by atoms with Crippen molar-refractivity contribution in [2.45, 2.75) is 0 Å². The molecular weight excluding hydrogens is 388 g/mol. The first-order valence-corrected chi connectivity index (χ1v) is 9.54. The number of nitro benzene ring substituents is 1. The van der Waals surface area contributed by atoms with E-state index in [1.165, 1.54) is 24.3 Å². The van der Waals surface area contributed by atoms with Gasteiger partial charge in [-0.3, -0.25) is 19.8 Å². The molecule has 1 aromatic heterocycles. The molecule has 9 heteroatoms. The number of carbonyl (C=O) groups is 1. The van der Waals surface area contributed by atoms with E-state index in [2.05, 4.69) is 10.2 Å². The number of amides is 1. The lowest BCUT2D eigenvalue weighted by molar-refractivity contribution is -0.384. The maximum atomic E-state index is 12.3. The van der Waals surface area contributed by atoms with Gasteiger partial charge in [-0.15, -0.1) is 0 Å². The lowest BCUT2D eigenvalue weighted by atomic mass is 10.1. The fourth-order valence-corrected chi connectivity index (χ4v) is 3.60. The van der Waals surface area contributed by atoms with Gasteiger partial charge in [0.15, 0.2) is 0 Å². The summed E-state index contributed by atoms with van der Waals surface area (Å²) in [5.74, 6) is -0.227. The first-order valence-electron chi connectivity index (χ1n) is 9.54. The van der Waals surface area contributed by atoms with Crippen molar-refractivity contribution >= 4 is 33.9 Å². The minimum Gasteiger partial charge on any atom is -0.423 e. The molecule has 2 heterocycles. The number of carbonyl (C=O) groups excluding carboxylic acids is 1. The van der Waals surface area contributed by atoms with Crippen molar-refractivity contribution in [3.8, 4) is 0 Å². The Hall–Kier alpha value is -3.72. The molecule has 0 aliphatic carbocycles. The van der Waals surface area contributed by atoms with Crippen LogP contribution in [0, 0.1) is 10.1 Å². The summed E-state index contributed by atoms with van der Waals surface area (Å²) in [6.07, 6.45) is 0. The van der Waals surface area contributed by atoms with Crippen LogP contribution in [-0.4, -0.2) is 48.5 Å². The maximum absolute atomic E-state index is 12.3. The van der Waals surface area contributed by atoms with Crippen LogP contribution >= 0.6 is 0 Å². The van der Waals surface area contributed by atoms with Gasteiger partial charge in [-0.1, -0.05) is 18.2 Å². The molecule has 2 aromatic carbocycles. The molecule has 9 nitrogen and oxygen atoms in total. The van der Waals surface area contributed by atoms with Gasteiger partial charge in [0.1, 0.15) is 5.58 Å². The van der Waals surface area contributed by atoms with Crippen LogP contribution in [0.5, 0.6) is 0 Å². The number of nitro groups is 1. The third kappa shape index (κ3) is 4.31. The SMILES string of the molecule is O=C(CN1CCN(c2cc(=O)oc3ccccc23)CC1)Nc1cccc([N+](=O)[O-])c1. The van der Waals surface area contributed by atoms with Crippen LogP contribution < -0.4 is 15.8 Å². The van der Waals surface area contributed by atoms with Crippen LogP contribution in [0.3, 0.4) is 0 Å². The first-order chi connectivity index (χ1) is 14.5. The molecule has 0 unspecified atom stereocenters. The first kappa shape index (κ1) is 19.6. The van der Waals surface area contributed by atoms with E-state index in [9.17, 15) is 19.7 Å². The molecule has 3 aromatic rings. The van der Waals surface area contributed by atoms with Gasteiger partial charge in [0.2, 0.25) is 5.91 Å². The van der Waals surface area contributed by atoms with Gasteiger partial charge < -0.3 is 14.6 Å². The van der Waals surface area contributed by atoms with Gasteiger partial charge in [0.05, 0.1) is 17.2 Å². The van der Waals surface area contributed by atoms with Crippen LogP contribution in [-0.2, 0) is 4.79 Å². The van der Waals surface area contributed by atoms with Crippen LogP contribution in [0.25, 0.3) is 11.0 Å². The Morgan fingerprint density at radius 2 is 1.83 bits per heavy atom. The molecule has 0 radical (unpaired) electrons. The third-order valence-electron chi connectivity index (χ3n) is 5.05. The minimum absolute atomic E-state index is 0.0685. The summed E-state index contributed by atoms with van der Waals surface area (Å²) >= 11 is 0. The van der Waals surface area contributed by atoms with Crippen molar-refractivity contribution in [2.24, 2.45) is 0 Å². The Bertz CT molecular complexity index is 1150. The molecule has 0 bridgehead atoms. The lowest BCUT2D eigenvalue weighted by Gasteiger charge is -2.36. The highest BCUT2D eigenvalue weighted by molar-refractivity contribution is 5.92. The van der Waals surface area contributed by atoms with Gasteiger partial charge in [0.25, 0.3) is 5.69 Å². The second kappa shape index (κ2) is 8.34. The van der Waals surface area contributed by atoms with Gasteiger partial charge in [0, 0.05) is 55.5 Å². The molecule has 0 atom stereocenters. The molecule has 1 saturated heterocycles. The number of nitrogens with zero attached hydrogens (tertiary/aromatic N) is 3. The van der Waals surface area contributed by atoms with E-state index in [1.54, 1.807) is 12.1 Å². The van der Waals surface area contributed by atoms with Crippen molar-refractivity contribution in [3.05, 3.63) is 75.1 Å². The fourth-order valence-electron chi connectivity index (χ4n) is 3.60. The lowest BCUT2D eigenvalue weighted by Crippen LogP contribution is -2.48. The van der Waals surface area contributed by atoms with Crippen LogP contribution in [0.15, 0.2) is 63.8 Å². The summed E-state index contributed by atoms with van der Waals surface area (Å²) in [6.45, 7) is 2.82. The van der Waals surface area contributed by atoms with E-state index in [4.69, 9.17) is 4.42 Å². The number of non-ortho nitro benzene ring substituents is 1. The molecule has 1 aliphatic rings. The normalized spacial score (nSPS) is 14.6. The topological polar surface area (TPSA) is 109 Å². The zero-order chi connectivity index (χ0) is 21.1. The second-order valence-corrected chi connectivity index (χ2v) is 7.07. The van der Waals surface area contributed by atoms with Crippen LogP contribution in [0.2, 0.25) is 0 Å². The Morgan fingerprint density at radius 1 is 1.07 bits per heavy atom. The van der Waals surface area contributed by atoms with Crippen LogP contribution in [0.1, 0.15) is 0 Å². The molecule has 0 saturated carbocycles. The molecular formula is C21H20N4O5. The highest BCUT2D eigenvalue weighted by atomic mass is 16.6. The number of anilines is 2. The average Bonchev–Trinajstić information content (AvgIpc) is 2.74. The van der Waals surface area contributed by atoms with Gasteiger partial charge in [-0.25, -0.2) is 4.79 Å². The second-order valence-electron chi connectivity index (χ2n) is 7.07. The molecule has 1 amide bonds. The number of piperazine rings is 1. The van der Waals surface area contributed by atoms with E-state index >= 15 is 0 Å². The minimum atomic E-state index is -0.497. The Morgan fingerprint density at radius 3 is 2.60 bits per heavy atom. The maximum Gasteiger partial charge on any atom is 0.338 e. The van der Waals surface area contributed by atoms with E-state index in [-0.39, 0.29) is 23.8 Å². The summed E-state index contributed by atoms with van der Waals surface area (Å²) in [5.41, 5.74) is 1.33. The number of nitrogens with one attached hydrogen (secondary N) is 1. The zero-order valence-corrected chi connectivity index (χ0v) is 16.1. The Labute approximate surface area is 171 Å². The Kier molecular flexibility index (Phi) is 5.44. The number of fused-ring (bicyclic) bond motifs is 1. The molecule has 1 N–H and O–H groups in total. The van der Waals surface area contributed by atoms with Crippen molar-refractivity contribution in [1.82, 2.24) is 4.90 Å². The van der Waals surface area contributed by atoms with Crippen LogP contribution in [0.4, 0.5) is 17.1 Å². The molecule has 4 rings (SSSR count). The zero-order valence-electron chi connectivity index (χ0n) is 16.1. The third-order valence-corrected chi connectivity index (χ3v) is 5.05. The fraction of sp³-hybridized carbons (Fsp3) is 0.238. The predicted octanol–water partition coefficient (Wildman–Crippen LogP) is 2.46. The summed E-state index contributed by atoms with van der Waals surface area (Å²) in [6, 6.07) is 14.8. The molecule has 1 aliphatic heterocycles. The van der Waals surface area contributed by atoms with E-state index < -0.39 is 4.92 Å². The van der Waals surface area contributed by atoms with Crippen molar-refractivity contribution in [2.75, 3.05) is 42.9 Å². The Balaban J connectivity index is 1.37. The molecule has 1 fully saturated rings. The van der Waals surface area contributed by atoms with Gasteiger partial charge in [-0.05, 0) is 18.2 Å².